The molecule has 0 bridgehead atoms. The van der Waals surface area contributed by atoms with E-state index >= 15 is 0 Å². The van der Waals surface area contributed by atoms with Crippen LogP contribution in [-0.2, 0) is 11.3 Å². The van der Waals surface area contributed by atoms with E-state index in [-0.39, 0.29) is 5.92 Å². The molecular weight excluding hydrogens is 232 g/mol. The number of carboxylic acids is 1. The van der Waals surface area contributed by atoms with Crippen molar-refractivity contribution in [2.24, 2.45) is 11.7 Å². The number of nitrogens with two attached hydrogens (primary N) is 1. The monoisotopic (exact) mass is 248 g/mol. The van der Waals surface area contributed by atoms with Gasteiger partial charge in [0.15, 0.2) is 0 Å². The zero-order chi connectivity index (χ0) is 13.3. The Hall–Kier alpha value is -1.88. The van der Waals surface area contributed by atoms with Crippen LogP contribution in [0.25, 0.3) is 0 Å². The Bertz CT molecular complexity index is 493. The number of nitrogens with zero attached hydrogens (tertiary/aromatic N) is 1. The van der Waals surface area contributed by atoms with E-state index in [1.807, 2.05) is 13.0 Å². The largest absolute Gasteiger partial charge is 0.481 e. The van der Waals surface area contributed by atoms with Crippen molar-refractivity contribution >= 4 is 11.9 Å². The van der Waals surface area contributed by atoms with Crippen LogP contribution >= 0.6 is 0 Å². The van der Waals surface area contributed by atoms with Crippen LogP contribution in [0.4, 0.5) is 0 Å². The van der Waals surface area contributed by atoms with Gasteiger partial charge in [0.05, 0.1) is 5.92 Å². The van der Waals surface area contributed by atoms with Crippen molar-refractivity contribution in [1.82, 2.24) is 4.90 Å². The Morgan fingerprint density at radius 1 is 1.44 bits per heavy atom. The van der Waals surface area contributed by atoms with Gasteiger partial charge in [-0.3, -0.25) is 14.5 Å². The van der Waals surface area contributed by atoms with Gasteiger partial charge < -0.3 is 10.8 Å². The zero-order valence-corrected chi connectivity index (χ0v) is 10.2. The molecule has 5 nitrogen and oxygen atoms in total. The molecule has 0 aromatic heterocycles. The molecule has 1 aromatic carbocycles. The number of hydrogen-bond donors (Lipinski definition) is 2. The molecule has 0 saturated carbocycles. The van der Waals surface area contributed by atoms with Crippen LogP contribution in [0.15, 0.2) is 18.2 Å². The molecule has 0 spiro atoms. The summed E-state index contributed by atoms with van der Waals surface area (Å²) in [7, 11) is 0. The summed E-state index contributed by atoms with van der Waals surface area (Å²) >= 11 is 0. The second-order valence-corrected chi connectivity index (χ2v) is 4.73. The zero-order valence-electron chi connectivity index (χ0n) is 10.2. The highest BCUT2D eigenvalue weighted by atomic mass is 16.4. The van der Waals surface area contributed by atoms with Gasteiger partial charge in [0.25, 0.3) is 0 Å². The normalized spacial score (nSPS) is 16.3. The van der Waals surface area contributed by atoms with Crippen molar-refractivity contribution < 1.29 is 14.7 Å². The molecule has 3 N–H and O–H groups in total. The summed E-state index contributed by atoms with van der Waals surface area (Å²) in [5.74, 6) is -1.40. The van der Waals surface area contributed by atoms with Crippen molar-refractivity contribution in [3.05, 3.63) is 34.9 Å². The quantitative estimate of drug-likeness (QED) is 0.817. The van der Waals surface area contributed by atoms with Crippen molar-refractivity contribution in [2.45, 2.75) is 13.5 Å². The molecule has 1 amide bonds. The fraction of sp³-hybridized carbons (Fsp3) is 0.385. The van der Waals surface area contributed by atoms with Gasteiger partial charge in [0.1, 0.15) is 0 Å². The second kappa shape index (κ2) is 4.78. The van der Waals surface area contributed by atoms with E-state index in [1.165, 1.54) is 0 Å². The second-order valence-electron chi connectivity index (χ2n) is 4.73. The first kappa shape index (κ1) is 12.6. The predicted octanol–water partition coefficient (Wildman–Crippen LogP) is 0.610. The lowest BCUT2D eigenvalue weighted by Crippen LogP contribution is -2.49. The molecule has 96 valence electrons. The molecule has 0 unspecified atom stereocenters. The Kier molecular flexibility index (Phi) is 3.34. The molecule has 0 atom stereocenters. The molecule has 1 aliphatic rings. The molecule has 0 aliphatic carbocycles. The Morgan fingerprint density at radius 3 is 2.61 bits per heavy atom. The number of carbonyl (C=O) groups excluding carboxylic acids is 1. The maximum atomic E-state index is 11.0. The van der Waals surface area contributed by atoms with Crippen molar-refractivity contribution in [3.63, 3.8) is 0 Å². The lowest BCUT2D eigenvalue weighted by Gasteiger charge is -2.36. The summed E-state index contributed by atoms with van der Waals surface area (Å²) in [5, 5.41) is 8.79. The molecule has 0 radical (unpaired) electrons. The summed E-state index contributed by atoms with van der Waals surface area (Å²) in [5.41, 5.74) is 7.82. The van der Waals surface area contributed by atoms with E-state index in [0.717, 1.165) is 11.1 Å². The third-order valence-electron chi connectivity index (χ3n) is 3.33. The number of aryl methyl sites for hydroxylation is 1. The van der Waals surface area contributed by atoms with Crippen molar-refractivity contribution in [1.29, 1.82) is 0 Å². The number of amides is 1. The topological polar surface area (TPSA) is 83.6 Å². The van der Waals surface area contributed by atoms with E-state index in [4.69, 9.17) is 10.8 Å². The van der Waals surface area contributed by atoms with Crippen LogP contribution in [-0.4, -0.2) is 35.0 Å². The number of primary amides is 1. The SMILES string of the molecule is Cc1cc(C(N)=O)ccc1CN1CC(C(=O)O)C1. The summed E-state index contributed by atoms with van der Waals surface area (Å²) in [6.45, 7) is 3.82. The van der Waals surface area contributed by atoms with E-state index in [1.54, 1.807) is 12.1 Å². The van der Waals surface area contributed by atoms with Gasteiger partial charge in [0.2, 0.25) is 5.91 Å². The summed E-state index contributed by atoms with van der Waals surface area (Å²) in [4.78, 5) is 23.8. The average Bonchev–Trinajstić information content (AvgIpc) is 2.23. The van der Waals surface area contributed by atoms with Crippen LogP contribution in [0, 0.1) is 12.8 Å². The molecule has 1 saturated heterocycles. The van der Waals surface area contributed by atoms with Gasteiger partial charge in [-0.1, -0.05) is 6.07 Å². The van der Waals surface area contributed by atoms with Gasteiger partial charge in [0, 0.05) is 25.2 Å². The fourth-order valence-electron chi connectivity index (χ4n) is 2.12. The smallest absolute Gasteiger partial charge is 0.309 e. The van der Waals surface area contributed by atoms with Gasteiger partial charge in [-0.2, -0.15) is 0 Å². The van der Waals surface area contributed by atoms with Crippen LogP contribution in [0.5, 0.6) is 0 Å². The molecule has 5 heteroatoms. The number of benzene rings is 1. The Morgan fingerprint density at radius 2 is 2.11 bits per heavy atom. The van der Waals surface area contributed by atoms with E-state index in [9.17, 15) is 9.59 Å². The molecule has 1 fully saturated rings. The van der Waals surface area contributed by atoms with Gasteiger partial charge in [-0.15, -0.1) is 0 Å². The highest BCUT2D eigenvalue weighted by Crippen LogP contribution is 2.21. The molecule has 18 heavy (non-hydrogen) atoms. The minimum atomic E-state index is -0.730. The maximum absolute atomic E-state index is 11.0. The standard InChI is InChI=1S/C13H16N2O3/c1-8-4-9(12(14)16)2-3-10(8)5-15-6-11(7-15)13(17)18/h2-4,11H,5-7H2,1H3,(H2,14,16)(H,17,18). The number of hydrogen-bond acceptors (Lipinski definition) is 3. The van der Waals surface area contributed by atoms with Crippen molar-refractivity contribution in [2.75, 3.05) is 13.1 Å². The average molecular weight is 248 g/mol. The van der Waals surface area contributed by atoms with E-state index in [2.05, 4.69) is 4.90 Å². The third-order valence-corrected chi connectivity index (χ3v) is 3.33. The molecule has 1 aromatic rings. The molecule has 1 aliphatic heterocycles. The lowest BCUT2D eigenvalue weighted by atomic mass is 9.98. The number of aliphatic carboxylic acids is 1. The van der Waals surface area contributed by atoms with E-state index < -0.39 is 11.9 Å². The fourth-order valence-corrected chi connectivity index (χ4v) is 2.12. The molecular formula is C13H16N2O3. The van der Waals surface area contributed by atoms with Crippen LogP contribution in [0.1, 0.15) is 21.5 Å². The number of carboxylic acid groups (broad SMARTS) is 1. The van der Waals surface area contributed by atoms with Crippen molar-refractivity contribution in [3.8, 4) is 0 Å². The Labute approximate surface area is 105 Å². The number of carbonyl (C=O) groups is 2. The molecule has 2 rings (SSSR count). The minimum Gasteiger partial charge on any atom is -0.481 e. The summed E-state index contributed by atoms with van der Waals surface area (Å²) < 4.78 is 0. The third kappa shape index (κ3) is 2.51. The van der Waals surface area contributed by atoms with Crippen LogP contribution < -0.4 is 5.73 Å². The van der Waals surface area contributed by atoms with E-state index in [0.29, 0.717) is 25.2 Å². The first-order valence-corrected chi connectivity index (χ1v) is 5.82. The van der Waals surface area contributed by atoms with Gasteiger partial charge >= 0.3 is 5.97 Å². The summed E-state index contributed by atoms with van der Waals surface area (Å²) in [6.07, 6.45) is 0. The summed E-state index contributed by atoms with van der Waals surface area (Å²) in [6, 6.07) is 5.36. The maximum Gasteiger partial charge on any atom is 0.309 e. The Balaban J connectivity index is 1.99. The number of likely N-dealkylation sites (tertiary alicyclic amines) is 1. The predicted molar refractivity (Wildman–Crippen MR) is 66.1 cm³/mol. The molecule has 1 heterocycles. The highest BCUT2D eigenvalue weighted by molar-refractivity contribution is 5.93. The first-order valence-electron chi connectivity index (χ1n) is 5.82. The van der Waals surface area contributed by atoms with Gasteiger partial charge in [-0.25, -0.2) is 0 Å². The van der Waals surface area contributed by atoms with Crippen LogP contribution in [0.3, 0.4) is 0 Å². The number of rotatable bonds is 4. The highest BCUT2D eigenvalue weighted by Gasteiger charge is 2.32. The minimum absolute atomic E-state index is 0.241. The van der Waals surface area contributed by atoms with Gasteiger partial charge in [-0.05, 0) is 30.2 Å². The first-order chi connectivity index (χ1) is 8.47. The van der Waals surface area contributed by atoms with Crippen LogP contribution in [0.2, 0.25) is 0 Å². The lowest BCUT2D eigenvalue weighted by molar-refractivity contribution is -0.147.